The molecule has 3 aromatic heterocycles. The number of hydrogen-bond donors (Lipinski definition) is 2. The van der Waals surface area contributed by atoms with Gasteiger partial charge in [0.25, 0.3) is 0 Å². The number of pyridine rings is 1. The fourth-order valence-corrected chi connectivity index (χ4v) is 2.82. The molecule has 3 N–H and O–H groups in total. The molecule has 0 unspecified atom stereocenters. The van der Waals surface area contributed by atoms with Crippen LogP contribution in [0.3, 0.4) is 0 Å². The third-order valence-corrected chi connectivity index (χ3v) is 3.96. The number of imidazole rings is 1. The molecular formula is C18H16FN7. The fourth-order valence-electron chi connectivity index (χ4n) is 2.82. The molecule has 0 aliphatic rings. The van der Waals surface area contributed by atoms with Crippen molar-refractivity contribution < 1.29 is 4.39 Å². The highest BCUT2D eigenvalue weighted by molar-refractivity contribution is 5.78. The number of anilines is 2. The van der Waals surface area contributed by atoms with Gasteiger partial charge in [0.05, 0.1) is 17.1 Å². The number of nitrogens with one attached hydrogen (secondary N) is 1. The van der Waals surface area contributed by atoms with Gasteiger partial charge < -0.3 is 11.1 Å². The zero-order chi connectivity index (χ0) is 18.1. The van der Waals surface area contributed by atoms with E-state index in [4.69, 9.17) is 5.73 Å². The maximum atomic E-state index is 13.8. The molecule has 0 saturated carbocycles. The lowest BCUT2D eigenvalue weighted by Crippen LogP contribution is -2.14. The Bertz CT molecular complexity index is 1060. The zero-order valence-corrected chi connectivity index (χ0v) is 14.0. The van der Waals surface area contributed by atoms with E-state index in [1.54, 1.807) is 18.3 Å². The molecule has 4 rings (SSSR count). The topological polar surface area (TPSA) is 94.5 Å². The molecule has 7 nitrogen and oxygen atoms in total. The minimum absolute atomic E-state index is 0.234. The Labute approximate surface area is 148 Å². The zero-order valence-electron chi connectivity index (χ0n) is 14.0. The molecule has 0 aliphatic heterocycles. The number of hydrogen-bond acceptors (Lipinski definition) is 6. The van der Waals surface area contributed by atoms with Crippen molar-refractivity contribution in [2.24, 2.45) is 0 Å². The van der Waals surface area contributed by atoms with Crippen LogP contribution in [0.4, 0.5) is 16.0 Å². The van der Waals surface area contributed by atoms with E-state index in [1.165, 1.54) is 18.5 Å². The first-order valence-corrected chi connectivity index (χ1v) is 8.05. The van der Waals surface area contributed by atoms with Crippen LogP contribution in [0.25, 0.3) is 16.9 Å². The van der Waals surface area contributed by atoms with Crippen LogP contribution in [0, 0.1) is 5.82 Å². The van der Waals surface area contributed by atoms with E-state index in [0.29, 0.717) is 34.3 Å². The number of fused-ring (bicyclic) bond motifs is 1. The summed E-state index contributed by atoms with van der Waals surface area (Å²) in [6.07, 6.45) is 3.08. The molecule has 4 aromatic rings. The quantitative estimate of drug-likeness (QED) is 0.588. The summed E-state index contributed by atoms with van der Waals surface area (Å²) in [6.45, 7) is 1.94. The van der Waals surface area contributed by atoms with Crippen molar-refractivity contribution in [3.63, 3.8) is 0 Å². The lowest BCUT2D eigenvalue weighted by molar-refractivity contribution is 0.629. The monoisotopic (exact) mass is 349 g/mol. The van der Waals surface area contributed by atoms with Crippen molar-refractivity contribution in [2.45, 2.75) is 13.0 Å². The van der Waals surface area contributed by atoms with Crippen LogP contribution in [0.15, 0.2) is 55.0 Å². The Morgan fingerprint density at radius 3 is 2.77 bits per heavy atom. The van der Waals surface area contributed by atoms with Crippen LogP contribution in [0.1, 0.15) is 18.8 Å². The molecule has 0 radical (unpaired) electrons. The largest absolute Gasteiger partial charge is 0.384 e. The summed E-state index contributed by atoms with van der Waals surface area (Å²) in [7, 11) is 0. The number of aromatic nitrogens is 5. The van der Waals surface area contributed by atoms with Gasteiger partial charge in [-0.15, -0.1) is 0 Å². The number of benzene rings is 1. The first-order chi connectivity index (χ1) is 12.6. The molecule has 1 aromatic carbocycles. The summed E-state index contributed by atoms with van der Waals surface area (Å²) in [6, 6.07) is 11.5. The normalized spacial score (nSPS) is 12.2. The van der Waals surface area contributed by atoms with Crippen molar-refractivity contribution in [3.05, 3.63) is 66.6 Å². The van der Waals surface area contributed by atoms with Crippen LogP contribution in [0.2, 0.25) is 0 Å². The molecule has 1 atom stereocenters. The van der Waals surface area contributed by atoms with Crippen LogP contribution in [-0.2, 0) is 0 Å². The molecule has 0 bridgehead atoms. The summed E-state index contributed by atoms with van der Waals surface area (Å²) in [5, 5.41) is 3.25. The van der Waals surface area contributed by atoms with E-state index in [-0.39, 0.29) is 11.9 Å². The first-order valence-electron chi connectivity index (χ1n) is 8.05. The van der Waals surface area contributed by atoms with Crippen molar-refractivity contribution in [1.82, 2.24) is 24.5 Å². The highest BCUT2D eigenvalue weighted by Crippen LogP contribution is 2.26. The smallest absolute Gasteiger partial charge is 0.138 e. The number of halogens is 1. The number of nitrogen functional groups attached to an aromatic ring is 1. The van der Waals surface area contributed by atoms with Gasteiger partial charge in [0.2, 0.25) is 0 Å². The Hall–Kier alpha value is -3.55. The van der Waals surface area contributed by atoms with Gasteiger partial charge in [0.15, 0.2) is 0 Å². The maximum Gasteiger partial charge on any atom is 0.138 e. The second-order valence-electron chi connectivity index (χ2n) is 5.82. The molecule has 0 amide bonds. The summed E-state index contributed by atoms with van der Waals surface area (Å²) in [4.78, 5) is 17.1. The number of nitrogens with zero attached hydrogens (tertiary/aromatic N) is 5. The van der Waals surface area contributed by atoms with Gasteiger partial charge in [-0.3, -0.25) is 4.57 Å². The highest BCUT2D eigenvalue weighted by Gasteiger charge is 2.19. The molecule has 0 saturated heterocycles. The van der Waals surface area contributed by atoms with Gasteiger partial charge in [-0.1, -0.05) is 6.07 Å². The molecule has 26 heavy (non-hydrogen) atoms. The summed E-state index contributed by atoms with van der Waals surface area (Å²) in [5.74, 6) is 1.96. The third-order valence-electron chi connectivity index (χ3n) is 3.96. The summed E-state index contributed by atoms with van der Waals surface area (Å²) < 4.78 is 15.7. The van der Waals surface area contributed by atoms with Crippen molar-refractivity contribution in [3.8, 4) is 5.82 Å². The van der Waals surface area contributed by atoms with E-state index in [2.05, 4.69) is 25.3 Å². The lowest BCUT2D eigenvalue weighted by Gasteiger charge is -2.16. The molecule has 3 heterocycles. The molecule has 130 valence electrons. The van der Waals surface area contributed by atoms with Crippen LogP contribution >= 0.6 is 0 Å². The molecular weight excluding hydrogens is 333 g/mol. The molecule has 8 heteroatoms. The Balaban J connectivity index is 1.83. The van der Waals surface area contributed by atoms with Gasteiger partial charge in [-0.05, 0) is 31.2 Å². The van der Waals surface area contributed by atoms with Gasteiger partial charge in [-0.25, -0.2) is 24.3 Å². The van der Waals surface area contributed by atoms with E-state index < -0.39 is 0 Å². The van der Waals surface area contributed by atoms with Gasteiger partial charge in [0.1, 0.15) is 35.4 Å². The number of rotatable bonds is 4. The maximum absolute atomic E-state index is 13.8. The van der Waals surface area contributed by atoms with Gasteiger partial charge in [-0.2, -0.15) is 0 Å². The van der Waals surface area contributed by atoms with Crippen LogP contribution in [0.5, 0.6) is 0 Å². The summed E-state index contributed by atoms with van der Waals surface area (Å²) >= 11 is 0. The SMILES string of the molecule is C[C@H](Nc1cc(N)ncn1)c1nc2ccc(F)cc2n1-c1ccccn1. The van der Waals surface area contributed by atoms with E-state index in [9.17, 15) is 4.39 Å². The molecule has 0 aliphatic carbocycles. The second kappa shape index (κ2) is 6.40. The first kappa shape index (κ1) is 15.9. The second-order valence-corrected chi connectivity index (χ2v) is 5.82. The lowest BCUT2D eigenvalue weighted by atomic mass is 10.3. The van der Waals surface area contributed by atoms with E-state index in [0.717, 1.165) is 0 Å². The number of nitrogens with two attached hydrogens (primary N) is 1. The molecule has 0 fully saturated rings. The highest BCUT2D eigenvalue weighted by atomic mass is 19.1. The van der Waals surface area contributed by atoms with Gasteiger partial charge >= 0.3 is 0 Å². The van der Waals surface area contributed by atoms with Crippen LogP contribution < -0.4 is 11.1 Å². The average molecular weight is 349 g/mol. The standard InChI is InChI=1S/C18H16FN7/c1-11(24-16-9-15(20)22-10-23-16)18-25-13-6-5-12(19)8-14(13)26(18)17-4-2-3-7-21-17/h2-11H,1H3,(H3,20,22,23,24)/t11-/m0/s1. The van der Waals surface area contributed by atoms with Crippen molar-refractivity contribution in [1.29, 1.82) is 0 Å². The predicted molar refractivity (Wildman–Crippen MR) is 97.3 cm³/mol. The molecule has 0 spiro atoms. The average Bonchev–Trinajstić information content (AvgIpc) is 3.01. The fraction of sp³-hybridized carbons (Fsp3) is 0.111. The van der Waals surface area contributed by atoms with Crippen molar-refractivity contribution >= 4 is 22.7 Å². The van der Waals surface area contributed by atoms with E-state index >= 15 is 0 Å². The van der Waals surface area contributed by atoms with E-state index in [1.807, 2.05) is 29.7 Å². The minimum Gasteiger partial charge on any atom is -0.384 e. The summed E-state index contributed by atoms with van der Waals surface area (Å²) in [5.41, 5.74) is 7.04. The Morgan fingerprint density at radius 1 is 1.12 bits per heavy atom. The Kier molecular flexibility index (Phi) is 3.92. The van der Waals surface area contributed by atoms with Crippen molar-refractivity contribution in [2.75, 3.05) is 11.1 Å². The minimum atomic E-state index is -0.328. The predicted octanol–water partition coefficient (Wildman–Crippen LogP) is 3.10. The Morgan fingerprint density at radius 2 is 2.00 bits per heavy atom. The van der Waals surface area contributed by atoms with Crippen LogP contribution in [-0.4, -0.2) is 24.5 Å². The third kappa shape index (κ3) is 2.92. The van der Waals surface area contributed by atoms with Gasteiger partial charge in [0, 0.05) is 18.3 Å².